The Balaban J connectivity index is 1.56. The average molecular weight is 469 g/mol. The summed E-state index contributed by atoms with van der Waals surface area (Å²) in [5, 5.41) is 0. The van der Waals surface area contributed by atoms with E-state index in [4.69, 9.17) is 4.74 Å². The first-order valence-corrected chi connectivity index (χ1v) is 10.0. The molecule has 4 aromatic carbocycles. The van der Waals surface area contributed by atoms with Gasteiger partial charge in [0, 0.05) is 15.6 Å². The van der Waals surface area contributed by atoms with E-state index in [9.17, 15) is 13.2 Å². The third kappa shape index (κ3) is 4.41. The molecule has 0 atom stereocenters. The lowest BCUT2D eigenvalue weighted by Gasteiger charge is -2.11. The van der Waals surface area contributed by atoms with Crippen LogP contribution in [0.3, 0.4) is 0 Å². The zero-order valence-corrected chi connectivity index (χ0v) is 17.3. The molecule has 0 unspecified atom stereocenters. The molecule has 0 saturated heterocycles. The first kappa shape index (κ1) is 20.2. The topological polar surface area (TPSA) is 9.23 Å². The first-order valence-electron chi connectivity index (χ1n) is 9.23. The average Bonchev–Trinajstić information content (AvgIpc) is 2.74. The predicted octanol–water partition coefficient (Wildman–Crippen LogP) is 7.78. The third-order valence-corrected chi connectivity index (χ3v) is 5.19. The summed E-state index contributed by atoms with van der Waals surface area (Å²) in [7, 11) is 0. The van der Waals surface area contributed by atoms with Gasteiger partial charge in [-0.3, -0.25) is 0 Å². The Kier molecular flexibility index (Phi) is 5.91. The molecule has 0 fully saturated rings. The Labute approximate surface area is 180 Å². The van der Waals surface area contributed by atoms with Crippen molar-refractivity contribution in [1.82, 2.24) is 0 Å². The van der Waals surface area contributed by atoms with E-state index in [1.165, 1.54) is 36.4 Å². The SMILES string of the molecule is Fc1cc(-c2ccc(-c3ccc(Br)cc3F)c(F)c2)ccc1OCc1ccccc1. The van der Waals surface area contributed by atoms with Crippen LogP contribution in [0.25, 0.3) is 22.3 Å². The summed E-state index contributed by atoms with van der Waals surface area (Å²) in [5.41, 5.74) is 2.23. The maximum Gasteiger partial charge on any atom is 0.165 e. The molecule has 5 heteroatoms. The Morgan fingerprint density at radius 1 is 0.633 bits per heavy atom. The van der Waals surface area contributed by atoms with Crippen molar-refractivity contribution in [3.05, 3.63) is 112 Å². The number of rotatable bonds is 5. The van der Waals surface area contributed by atoms with Gasteiger partial charge in [0.2, 0.25) is 0 Å². The second-order valence-corrected chi connectivity index (χ2v) is 7.65. The quantitative estimate of drug-likeness (QED) is 0.290. The summed E-state index contributed by atoms with van der Waals surface area (Å²) >= 11 is 3.19. The molecular formula is C25H16BrF3O. The van der Waals surface area contributed by atoms with Crippen molar-refractivity contribution in [2.75, 3.05) is 0 Å². The molecule has 0 bridgehead atoms. The van der Waals surface area contributed by atoms with Crippen LogP contribution in [0, 0.1) is 17.5 Å². The summed E-state index contributed by atoms with van der Waals surface area (Å²) in [4.78, 5) is 0. The van der Waals surface area contributed by atoms with Crippen molar-refractivity contribution in [3.8, 4) is 28.0 Å². The number of hydrogen-bond donors (Lipinski definition) is 0. The third-order valence-electron chi connectivity index (χ3n) is 4.69. The maximum absolute atomic E-state index is 14.7. The molecule has 30 heavy (non-hydrogen) atoms. The van der Waals surface area contributed by atoms with Gasteiger partial charge in [-0.2, -0.15) is 0 Å². The first-order chi connectivity index (χ1) is 14.5. The molecule has 0 amide bonds. The smallest absolute Gasteiger partial charge is 0.165 e. The summed E-state index contributed by atoms with van der Waals surface area (Å²) in [6, 6.07) is 22.8. The molecule has 1 nitrogen and oxygen atoms in total. The Morgan fingerprint density at radius 2 is 1.23 bits per heavy atom. The fourth-order valence-electron chi connectivity index (χ4n) is 3.15. The predicted molar refractivity (Wildman–Crippen MR) is 116 cm³/mol. The van der Waals surface area contributed by atoms with Crippen molar-refractivity contribution in [2.24, 2.45) is 0 Å². The molecule has 0 N–H and O–H groups in total. The summed E-state index contributed by atoms with van der Waals surface area (Å²) in [5.74, 6) is -1.52. The van der Waals surface area contributed by atoms with Crippen LogP contribution in [-0.2, 0) is 6.61 Å². The van der Waals surface area contributed by atoms with Gasteiger partial charge in [-0.15, -0.1) is 0 Å². The van der Waals surface area contributed by atoms with Crippen LogP contribution in [0.4, 0.5) is 13.2 Å². The summed E-state index contributed by atoms with van der Waals surface area (Å²) in [6.45, 7) is 0.249. The van der Waals surface area contributed by atoms with E-state index in [0.717, 1.165) is 5.56 Å². The van der Waals surface area contributed by atoms with E-state index in [1.54, 1.807) is 18.2 Å². The fraction of sp³-hybridized carbons (Fsp3) is 0.0400. The number of benzene rings is 4. The van der Waals surface area contributed by atoms with Gasteiger partial charge in [-0.05, 0) is 47.0 Å². The van der Waals surface area contributed by atoms with Gasteiger partial charge in [-0.1, -0.05) is 70.5 Å². The van der Waals surface area contributed by atoms with Crippen LogP contribution < -0.4 is 4.74 Å². The highest BCUT2D eigenvalue weighted by atomic mass is 79.9. The highest BCUT2D eigenvalue weighted by Crippen LogP contribution is 2.32. The standard InChI is InChI=1S/C25H16BrF3O/c26-19-8-10-21(23(28)14-19)20-9-6-17(12-22(20)27)18-7-11-25(24(29)13-18)30-15-16-4-2-1-3-5-16/h1-14H,15H2. The van der Waals surface area contributed by atoms with Gasteiger partial charge < -0.3 is 4.74 Å². The van der Waals surface area contributed by atoms with Crippen LogP contribution in [0.5, 0.6) is 5.75 Å². The fourth-order valence-corrected chi connectivity index (χ4v) is 3.49. The molecular weight excluding hydrogens is 453 g/mol. The molecule has 0 radical (unpaired) electrons. The number of ether oxygens (including phenoxy) is 1. The van der Waals surface area contributed by atoms with Crippen LogP contribution in [-0.4, -0.2) is 0 Å². The van der Waals surface area contributed by atoms with Crippen molar-refractivity contribution >= 4 is 15.9 Å². The molecule has 150 valence electrons. The molecule has 0 saturated carbocycles. The Morgan fingerprint density at radius 3 is 1.87 bits per heavy atom. The van der Waals surface area contributed by atoms with E-state index in [2.05, 4.69) is 15.9 Å². The van der Waals surface area contributed by atoms with Crippen molar-refractivity contribution in [3.63, 3.8) is 0 Å². The van der Waals surface area contributed by atoms with Crippen molar-refractivity contribution < 1.29 is 17.9 Å². The van der Waals surface area contributed by atoms with E-state index in [-0.39, 0.29) is 23.5 Å². The van der Waals surface area contributed by atoms with Gasteiger partial charge in [0.25, 0.3) is 0 Å². The highest BCUT2D eigenvalue weighted by molar-refractivity contribution is 9.10. The maximum atomic E-state index is 14.7. The lowest BCUT2D eigenvalue weighted by atomic mass is 9.99. The molecule has 0 aromatic heterocycles. The summed E-state index contributed by atoms with van der Waals surface area (Å²) < 4.78 is 49.5. The molecule has 4 aromatic rings. The molecule has 0 aliphatic carbocycles. The molecule has 0 spiro atoms. The largest absolute Gasteiger partial charge is 0.486 e. The van der Waals surface area contributed by atoms with Gasteiger partial charge in [0.15, 0.2) is 11.6 Å². The molecule has 4 rings (SSSR count). The zero-order chi connectivity index (χ0) is 21.1. The lowest BCUT2D eigenvalue weighted by Crippen LogP contribution is -1.97. The second kappa shape index (κ2) is 8.76. The normalized spacial score (nSPS) is 10.8. The van der Waals surface area contributed by atoms with E-state index < -0.39 is 17.5 Å². The Hall–Kier alpha value is -3.05. The van der Waals surface area contributed by atoms with Crippen molar-refractivity contribution in [2.45, 2.75) is 6.61 Å². The van der Waals surface area contributed by atoms with Crippen LogP contribution >= 0.6 is 15.9 Å². The Bertz CT molecular complexity index is 1190. The van der Waals surface area contributed by atoms with E-state index in [1.807, 2.05) is 30.3 Å². The van der Waals surface area contributed by atoms with E-state index in [0.29, 0.717) is 15.6 Å². The molecule has 0 heterocycles. The lowest BCUT2D eigenvalue weighted by molar-refractivity contribution is 0.290. The minimum absolute atomic E-state index is 0.122. The highest BCUT2D eigenvalue weighted by Gasteiger charge is 2.13. The number of hydrogen-bond acceptors (Lipinski definition) is 1. The van der Waals surface area contributed by atoms with Crippen LogP contribution in [0.15, 0.2) is 89.4 Å². The molecule has 0 aliphatic rings. The zero-order valence-electron chi connectivity index (χ0n) is 15.7. The van der Waals surface area contributed by atoms with Gasteiger partial charge in [0.1, 0.15) is 18.2 Å². The second-order valence-electron chi connectivity index (χ2n) is 6.74. The van der Waals surface area contributed by atoms with Gasteiger partial charge in [0.05, 0.1) is 0 Å². The summed E-state index contributed by atoms with van der Waals surface area (Å²) in [6.07, 6.45) is 0. The minimum Gasteiger partial charge on any atom is -0.486 e. The van der Waals surface area contributed by atoms with Gasteiger partial charge in [-0.25, -0.2) is 13.2 Å². The van der Waals surface area contributed by atoms with Crippen LogP contribution in [0.2, 0.25) is 0 Å². The monoisotopic (exact) mass is 468 g/mol. The van der Waals surface area contributed by atoms with Crippen LogP contribution in [0.1, 0.15) is 5.56 Å². The minimum atomic E-state index is -0.585. The van der Waals surface area contributed by atoms with E-state index >= 15 is 0 Å². The molecule has 0 aliphatic heterocycles. The van der Waals surface area contributed by atoms with Crippen molar-refractivity contribution in [1.29, 1.82) is 0 Å². The number of halogens is 4. The van der Waals surface area contributed by atoms with Gasteiger partial charge >= 0.3 is 0 Å².